The number of aliphatic hydroxyl groups is 1. The Kier molecular flexibility index (Phi) is 3.41. The highest BCUT2D eigenvalue weighted by atomic mass is 16.3. The summed E-state index contributed by atoms with van der Waals surface area (Å²) in [6.45, 7) is 1.90. The van der Waals surface area contributed by atoms with Crippen LogP contribution < -0.4 is 16.6 Å². The first-order valence-electron chi connectivity index (χ1n) is 3.92. The number of nitrogens with one attached hydrogen (secondary N) is 2. The number of hydrazine groups is 1. The number of nitrogens with two attached hydrogens (primary N) is 1. The van der Waals surface area contributed by atoms with Gasteiger partial charge in [0.05, 0.1) is 6.61 Å². The van der Waals surface area contributed by atoms with Crippen molar-refractivity contribution in [2.24, 2.45) is 5.84 Å². The van der Waals surface area contributed by atoms with E-state index in [1.165, 1.54) is 6.33 Å². The summed E-state index contributed by atoms with van der Waals surface area (Å²) in [5.41, 5.74) is 2.40. The zero-order valence-electron chi connectivity index (χ0n) is 7.36. The second-order valence-corrected chi connectivity index (χ2v) is 2.66. The van der Waals surface area contributed by atoms with Gasteiger partial charge in [0, 0.05) is 12.1 Å². The predicted octanol–water partition coefficient (Wildman–Crippen LogP) is -0.445. The molecular weight excluding hydrogens is 170 g/mol. The minimum absolute atomic E-state index is 0.0412. The van der Waals surface area contributed by atoms with Crippen molar-refractivity contribution in [3.05, 3.63) is 12.4 Å². The zero-order valence-corrected chi connectivity index (χ0v) is 7.36. The average molecular weight is 183 g/mol. The second-order valence-electron chi connectivity index (χ2n) is 2.66. The maximum Gasteiger partial charge on any atom is 0.145 e. The van der Waals surface area contributed by atoms with Crippen LogP contribution in [0.15, 0.2) is 12.4 Å². The molecule has 6 nitrogen and oxygen atoms in total. The third-order valence-corrected chi connectivity index (χ3v) is 1.48. The number of aromatic nitrogens is 2. The van der Waals surface area contributed by atoms with E-state index in [1.807, 2.05) is 6.92 Å². The lowest BCUT2D eigenvalue weighted by Crippen LogP contribution is -2.20. The quantitative estimate of drug-likeness (QED) is 0.373. The standard InChI is InChI=1S/C7H13N5O/c1-5(3-13)11-6-2-7(12-8)10-4-9-6/h2,4-5,13H,3,8H2,1H3,(H2,9,10,11,12). The van der Waals surface area contributed by atoms with Crippen molar-refractivity contribution >= 4 is 11.6 Å². The number of hydrogen-bond acceptors (Lipinski definition) is 6. The zero-order chi connectivity index (χ0) is 9.68. The van der Waals surface area contributed by atoms with E-state index in [0.717, 1.165) is 0 Å². The molecule has 0 saturated carbocycles. The van der Waals surface area contributed by atoms with Crippen LogP contribution >= 0.6 is 0 Å². The summed E-state index contributed by atoms with van der Waals surface area (Å²) in [6.07, 6.45) is 1.39. The van der Waals surface area contributed by atoms with Gasteiger partial charge in [-0.3, -0.25) is 0 Å². The van der Waals surface area contributed by atoms with Crippen LogP contribution in [0.1, 0.15) is 6.92 Å². The maximum atomic E-state index is 8.78. The lowest BCUT2D eigenvalue weighted by Gasteiger charge is -2.11. The van der Waals surface area contributed by atoms with Gasteiger partial charge in [-0.25, -0.2) is 15.8 Å². The molecule has 1 atom stereocenters. The minimum atomic E-state index is -0.0412. The van der Waals surface area contributed by atoms with Gasteiger partial charge in [0.25, 0.3) is 0 Å². The first-order chi connectivity index (χ1) is 6.26. The fourth-order valence-corrected chi connectivity index (χ4v) is 0.813. The van der Waals surface area contributed by atoms with Gasteiger partial charge in [-0.2, -0.15) is 0 Å². The Morgan fingerprint density at radius 1 is 1.54 bits per heavy atom. The normalized spacial score (nSPS) is 12.2. The molecule has 72 valence electrons. The van der Waals surface area contributed by atoms with Gasteiger partial charge >= 0.3 is 0 Å². The Bertz CT molecular complexity index is 267. The van der Waals surface area contributed by atoms with Crippen LogP contribution in [-0.2, 0) is 0 Å². The Morgan fingerprint density at radius 2 is 2.23 bits per heavy atom. The van der Waals surface area contributed by atoms with E-state index < -0.39 is 0 Å². The van der Waals surface area contributed by atoms with Crippen molar-refractivity contribution in [1.82, 2.24) is 9.97 Å². The molecule has 1 aromatic rings. The molecule has 0 spiro atoms. The average Bonchev–Trinajstić information content (AvgIpc) is 2.18. The van der Waals surface area contributed by atoms with Gasteiger partial charge in [-0.1, -0.05) is 0 Å². The van der Waals surface area contributed by atoms with E-state index in [-0.39, 0.29) is 12.6 Å². The first-order valence-corrected chi connectivity index (χ1v) is 3.92. The minimum Gasteiger partial charge on any atom is -0.394 e. The summed E-state index contributed by atoms with van der Waals surface area (Å²) in [4.78, 5) is 7.79. The molecule has 5 N–H and O–H groups in total. The largest absolute Gasteiger partial charge is 0.394 e. The van der Waals surface area contributed by atoms with E-state index in [2.05, 4.69) is 20.7 Å². The molecule has 1 rings (SSSR count). The van der Waals surface area contributed by atoms with Gasteiger partial charge in [0.2, 0.25) is 0 Å². The van der Waals surface area contributed by atoms with Gasteiger partial charge in [-0.15, -0.1) is 0 Å². The maximum absolute atomic E-state index is 8.78. The number of anilines is 2. The molecule has 1 heterocycles. The lowest BCUT2D eigenvalue weighted by molar-refractivity contribution is 0.281. The number of nitrogen functional groups attached to an aromatic ring is 1. The van der Waals surface area contributed by atoms with E-state index >= 15 is 0 Å². The first kappa shape index (κ1) is 9.69. The summed E-state index contributed by atoms with van der Waals surface area (Å²) >= 11 is 0. The highest BCUT2D eigenvalue weighted by Gasteiger charge is 2.01. The van der Waals surface area contributed by atoms with E-state index in [4.69, 9.17) is 10.9 Å². The molecule has 0 amide bonds. The molecule has 0 fully saturated rings. The molecule has 0 aliphatic carbocycles. The van der Waals surface area contributed by atoms with Crippen molar-refractivity contribution in [3.63, 3.8) is 0 Å². The Hall–Kier alpha value is -1.40. The van der Waals surface area contributed by atoms with Crippen LogP contribution in [0.5, 0.6) is 0 Å². The van der Waals surface area contributed by atoms with Crippen LogP contribution in [-0.4, -0.2) is 27.7 Å². The Morgan fingerprint density at radius 3 is 2.85 bits per heavy atom. The van der Waals surface area contributed by atoms with Crippen molar-refractivity contribution in [1.29, 1.82) is 0 Å². The third kappa shape index (κ3) is 2.85. The van der Waals surface area contributed by atoms with Gasteiger partial charge in [-0.05, 0) is 6.92 Å². The van der Waals surface area contributed by atoms with Crippen molar-refractivity contribution < 1.29 is 5.11 Å². The SMILES string of the molecule is CC(CO)Nc1cc(NN)ncn1. The van der Waals surface area contributed by atoms with Gasteiger partial charge in [0.15, 0.2) is 0 Å². The fourth-order valence-electron chi connectivity index (χ4n) is 0.813. The summed E-state index contributed by atoms with van der Waals surface area (Å²) in [7, 11) is 0. The van der Waals surface area contributed by atoms with Crippen LogP contribution in [0.3, 0.4) is 0 Å². The predicted molar refractivity (Wildman–Crippen MR) is 50.0 cm³/mol. The topological polar surface area (TPSA) is 96.1 Å². The van der Waals surface area contributed by atoms with Crippen LogP contribution in [0.4, 0.5) is 11.6 Å². The molecule has 1 unspecified atom stereocenters. The number of rotatable bonds is 4. The molecule has 0 aliphatic rings. The van der Waals surface area contributed by atoms with Gasteiger partial charge < -0.3 is 15.8 Å². The monoisotopic (exact) mass is 183 g/mol. The van der Waals surface area contributed by atoms with Crippen LogP contribution in [0.25, 0.3) is 0 Å². The van der Waals surface area contributed by atoms with E-state index in [9.17, 15) is 0 Å². The lowest BCUT2D eigenvalue weighted by atomic mass is 10.3. The molecule has 0 bridgehead atoms. The number of hydrogen-bond donors (Lipinski definition) is 4. The van der Waals surface area contributed by atoms with Crippen molar-refractivity contribution in [2.75, 3.05) is 17.3 Å². The molecule has 0 aliphatic heterocycles. The molecule has 0 radical (unpaired) electrons. The van der Waals surface area contributed by atoms with Gasteiger partial charge in [0.1, 0.15) is 18.0 Å². The highest BCUT2D eigenvalue weighted by molar-refractivity contribution is 5.45. The third-order valence-electron chi connectivity index (χ3n) is 1.48. The second kappa shape index (κ2) is 4.58. The van der Waals surface area contributed by atoms with Crippen molar-refractivity contribution in [2.45, 2.75) is 13.0 Å². The summed E-state index contributed by atoms with van der Waals surface area (Å²) < 4.78 is 0. The van der Waals surface area contributed by atoms with Crippen LogP contribution in [0, 0.1) is 0 Å². The Labute approximate surface area is 76.2 Å². The number of nitrogens with zero attached hydrogens (tertiary/aromatic N) is 2. The smallest absolute Gasteiger partial charge is 0.145 e. The summed E-state index contributed by atoms with van der Waals surface area (Å²) in [6, 6.07) is 1.62. The van der Waals surface area contributed by atoms with Crippen molar-refractivity contribution in [3.8, 4) is 0 Å². The molecule has 6 heteroatoms. The number of aliphatic hydroxyl groups excluding tert-OH is 1. The molecule has 13 heavy (non-hydrogen) atoms. The molecular formula is C7H13N5O. The van der Waals surface area contributed by atoms with Crippen LogP contribution in [0.2, 0.25) is 0 Å². The molecule has 0 aromatic carbocycles. The van der Waals surface area contributed by atoms with E-state index in [0.29, 0.717) is 11.6 Å². The van der Waals surface area contributed by atoms with E-state index in [1.54, 1.807) is 6.07 Å². The highest BCUT2D eigenvalue weighted by Crippen LogP contribution is 2.07. The molecule has 1 aromatic heterocycles. The molecule has 0 saturated heterocycles. The summed E-state index contributed by atoms with van der Waals surface area (Å²) in [5, 5.41) is 11.7. The fraction of sp³-hybridized carbons (Fsp3) is 0.429. The summed E-state index contributed by atoms with van der Waals surface area (Å²) in [5.74, 6) is 6.32. The Balaban J connectivity index is 2.66.